The van der Waals surface area contributed by atoms with Crippen LogP contribution in [0.4, 0.5) is 0 Å². The molecule has 0 bridgehead atoms. The maximum atomic E-state index is 13.8. The average molecular weight is 508 g/mol. The van der Waals surface area contributed by atoms with E-state index in [1.54, 1.807) is 0 Å². The Morgan fingerprint density at radius 3 is 1.84 bits per heavy atom. The molecular weight excluding hydrogens is 484 g/mol. The average Bonchev–Trinajstić information content (AvgIpc) is 2.92. The van der Waals surface area contributed by atoms with E-state index in [4.69, 9.17) is 18.9 Å². The summed E-state index contributed by atoms with van der Waals surface area (Å²) >= 11 is 0. The van der Waals surface area contributed by atoms with Gasteiger partial charge in [-0.2, -0.15) is 0 Å². The number of fused-ring (bicyclic) bond motifs is 2. The molecule has 2 aliphatic heterocycles. The zero-order chi connectivity index (χ0) is 26.1. The molecule has 0 amide bonds. The van der Waals surface area contributed by atoms with Gasteiger partial charge < -0.3 is 24.1 Å². The lowest BCUT2D eigenvalue weighted by atomic mass is 9.82. The van der Waals surface area contributed by atoms with Gasteiger partial charge in [0.25, 0.3) is 0 Å². The van der Waals surface area contributed by atoms with Crippen molar-refractivity contribution in [1.82, 2.24) is 0 Å². The van der Waals surface area contributed by atoms with Crippen molar-refractivity contribution in [3.8, 4) is 11.5 Å². The Labute approximate surface area is 211 Å². The number of hydrogen-bond donors (Lipinski definition) is 1. The number of benzene rings is 2. The van der Waals surface area contributed by atoms with Crippen molar-refractivity contribution < 1.29 is 48.0 Å². The molecule has 10 heteroatoms. The highest BCUT2D eigenvalue weighted by molar-refractivity contribution is 6.30. The number of carboxylic acid groups (broad SMARTS) is 1. The summed E-state index contributed by atoms with van der Waals surface area (Å²) in [4.78, 5) is 64.6. The van der Waals surface area contributed by atoms with Crippen LogP contribution in [0.2, 0.25) is 0 Å². The van der Waals surface area contributed by atoms with Crippen LogP contribution in [0, 0.1) is 11.8 Å². The molecule has 2 saturated heterocycles. The van der Waals surface area contributed by atoms with Crippen molar-refractivity contribution in [3.63, 3.8) is 0 Å². The van der Waals surface area contributed by atoms with Crippen LogP contribution in [0.5, 0.6) is 11.5 Å². The van der Waals surface area contributed by atoms with Gasteiger partial charge in [-0.15, -0.1) is 0 Å². The summed E-state index contributed by atoms with van der Waals surface area (Å²) in [6.07, 6.45) is 1.80. The van der Waals surface area contributed by atoms with Gasteiger partial charge >= 0.3 is 17.9 Å². The third-order valence-electron chi connectivity index (χ3n) is 6.85. The van der Waals surface area contributed by atoms with E-state index in [1.165, 1.54) is 18.2 Å². The lowest BCUT2D eigenvalue weighted by Crippen LogP contribution is -2.30. The minimum Gasteiger partial charge on any atom is -0.478 e. The lowest BCUT2D eigenvalue weighted by Gasteiger charge is -2.25. The predicted octanol–water partition coefficient (Wildman–Crippen LogP) is 2.82. The maximum absolute atomic E-state index is 13.8. The fourth-order valence-electron chi connectivity index (χ4n) is 4.79. The number of carbonyl (C=O) groups is 5. The fraction of sp³-hybridized carbons (Fsp3) is 0.370. The van der Waals surface area contributed by atoms with E-state index in [0.717, 1.165) is 12.1 Å². The number of rotatable bonds is 5. The largest absolute Gasteiger partial charge is 0.478 e. The third-order valence-corrected chi connectivity index (χ3v) is 6.85. The Kier molecular flexibility index (Phi) is 6.86. The fourth-order valence-corrected chi connectivity index (χ4v) is 4.79. The summed E-state index contributed by atoms with van der Waals surface area (Å²) in [5.74, 6) is -5.16. The SMILES string of the molecule is O=C(O)c1cc(OC(=O)C2CCOCC2)c2c(c1)C(=O)c1cccc(OC(=O)C3CCOCC3)c1C2=O. The molecule has 0 aromatic heterocycles. The summed E-state index contributed by atoms with van der Waals surface area (Å²) in [7, 11) is 0. The van der Waals surface area contributed by atoms with Crippen LogP contribution < -0.4 is 9.47 Å². The smallest absolute Gasteiger partial charge is 0.335 e. The second-order valence-corrected chi connectivity index (χ2v) is 9.15. The molecule has 0 radical (unpaired) electrons. The molecule has 0 atom stereocenters. The Balaban J connectivity index is 1.54. The van der Waals surface area contributed by atoms with E-state index in [2.05, 4.69) is 0 Å². The van der Waals surface area contributed by atoms with Gasteiger partial charge in [-0.1, -0.05) is 12.1 Å². The quantitative estimate of drug-likeness (QED) is 0.404. The molecular formula is C27H24O10. The highest BCUT2D eigenvalue weighted by Gasteiger charge is 2.38. The molecule has 0 spiro atoms. The van der Waals surface area contributed by atoms with Crippen LogP contribution >= 0.6 is 0 Å². The molecule has 2 heterocycles. The lowest BCUT2D eigenvalue weighted by molar-refractivity contribution is -0.142. The highest BCUT2D eigenvalue weighted by atomic mass is 16.5. The Bertz CT molecular complexity index is 1300. The monoisotopic (exact) mass is 508 g/mol. The zero-order valence-corrected chi connectivity index (χ0v) is 19.8. The van der Waals surface area contributed by atoms with Gasteiger partial charge in [0, 0.05) is 37.6 Å². The van der Waals surface area contributed by atoms with Gasteiger partial charge in [-0.25, -0.2) is 4.79 Å². The molecule has 5 rings (SSSR count). The predicted molar refractivity (Wildman–Crippen MR) is 125 cm³/mol. The van der Waals surface area contributed by atoms with Crippen LogP contribution in [-0.4, -0.2) is 61.0 Å². The van der Waals surface area contributed by atoms with Crippen LogP contribution in [-0.2, 0) is 19.1 Å². The van der Waals surface area contributed by atoms with E-state index in [0.29, 0.717) is 52.1 Å². The maximum Gasteiger partial charge on any atom is 0.335 e. The van der Waals surface area contributed by atoms with E-state index >= 15 is 0 Å². The first-order valence-electron chi connectivity index (χ1n) is 12.1. The van der Waals surface area contributed by atoms with Crippen molar-refractivity contribution >= 4 is 29.5 Å². The minimum absolute atomic E-state index is 0.0287. The van der Waals surface area contributed by atoms with Gasteiger partial charge in [0.15, 0.2) is 5.78 Å². The number of ether oxygens (including phenoxy) is 4. The third kappa shape index (κ3) is 4.77. The van der Waals surface area contributed by atoms with Gasteiger partial charge in [0.1, 0.15) is 11.5 Å². The number of carboxylic acids is 1. The van der Waals surface area contributed by atoms with Crippen molar-refractivity contribution in [2.75, 3.05) is 26.4 Å². The van der Waals surface area contributed by atoms with E-state index < -0.39 is 41.3 Å². The molecule has 37 heavy (non-hydrogen) atoms. The van der Waals surface area contributed by atoms with E-state index in [-0.39, 0.29) is 39.3 Å². The summed E-state index contributed by atoms with van der Waals surface area (Å²) in [5, 5.41) is 9.59. The summed E-state index contributed by atoms with van der Waals surface area (Å²) < 4.78 is 21.7. The van der Waals surface area contributed by atoms with Crippen LogP contribution in [0.15, 0.2) is 30.3 Å². The number of hydrogen-bond acceptors (Lipinski definition) is 9. The summed E-state index contributed by atoms with van der Waals surface area (Å²) in [6.45, 7) is 1.59. The molecule has 2 aromatic rings. The molecule has 2 fully saturated rings. The van der Waals surface area contributed by atoms with Crippen molar-refractivity contribution in [2.24, 2.45) is 11.8 Å². The van der Waals surface area contributed by atoms with Crippen LogP contribution in [0.1, 0.15) is 67.9 Å². The first-order chi connectivity index (χ1) is 17.8. The summed E-state index contributed by atoms with van der Waals surface area (Å²) in [5.41, 5.74) is -0.899. The number of esters is 2. The van der Waals surface area contributed by atoms with Crippen LogP contribution in [0.3, 0.4) is 0 Å². The number of ketones is 2. The molecule has 10 nitrogen and oxygen atoms in total. The first kappa shape index (κ1) is 24.8. The van der Waals surface area contributed by atoms with Crippen molar-refractivity contribution in [3.05, 3.63) is 58.1 Å². The standard InChI is InChI=1S/C27H24O10/c28-23-17-2-1-3-19(36-26(32)14-4-8-34-9-5-14)21(17)24(29)22-18(23)12-16(25(30)31)13-20(22)37-27(33)15-6-10-35-11-7-15/h1-3,12-15H,4-11H2,(H,30,31). The second kappa shape index (κ2) is 10.2. The van der Waals surface area contributed by atoms with Gasteiger partial charge in [0.2, 0.25) is 5.78 Å². The Morgan fingerprint density at radius 2 is 1.27 bits per heavy atom. The molecule has 1 N–H and O–H groups in total. The normalized spacial score (nSPS) is 18.1. The molecule has 3 aliphatic rings. The summed E-state index contributed by atoms with van der Waals surface area (Å²) in [6, 6.07) is 6.46. The molecule has 0 unspecified atom stereocenters. The Hall–Kier alpha value is -3.89. The van der Waals surface area contributed by atoms with E-state index in [9.17, 15) is 29.1 Å². The molecule has 2 aromatic carbocycles. The van der Waals surface area contributed by atoms with Gasteiger partial charge in [-0.05, 0) is 43.9 Å². The van der Waals surface area contributed by atoms with Crippen LogP contribution in [0.25, 0.3) is 0 Å². The molecule has 1 aliphatic carbocycles. The molecule has 192 valence electrons. The van der Waals surface area contributed by atoms with Crippen molar-refractivity contribution in [2.45, 2.75) is 25.7 Å². The van der Waals surface area contributed by atoms with E-state index in [1.807, 2.05) is 0 Å². The number of carbonyl (C=O) groups excluding carboxylic acids is 4. The first-order valence-corrected chi connectivity index (χ1v) is 12.1. The van der Waals surface area contributed by atoms with Gasteiger partial charge in [0.05, 0.1) is 28.5 Å². The minimum atomic E-state index is -1.35. The second-order valence-electron chi connectivity index (χ2n) is 9.15. The van der Waals surface area contributed by atoms with Gasteiger partial charge in [-0.3, -0.25) is 19.2 Å². The number of aromatic carboxylic acids is 1. The highest BCUT2D eigenvalue weighted by Crippen LogP contribution is 2.39. The van der Waals surface area contributed by atoms with Crippen molar-refractivity contribution in [1.29, 1.82) is 0 Å². The zero-order valence-electron chi connectivity index (χ0n) is 19.8. The molecule has 0 saturated carbocycles. The topological polar surface area (TPSA) is 143 Å². The Morgan fingerprint density at radius 1 is 0.730 bits per heavy atom.